The molecular weight excluding hydrogens is 190 g/mol. The smallest absolute Gasteiger partial charge is 0.224 e. The van der Waals surface area contributed by atoms with Crippen molar-refractivity contribution in [3.05, 3.63) is 24.3 Å². The number of anilines is 1. The molecule has 0 fully saturated rings. The van der Waals surface area contributed by atoms with Crippen molar-refractivity contribution in [1.82, 2.24) is 0 Å². The van der Waals surface area contributed by atoms with Crippen LogP contribution < -0.4 is 10.1 Å². The highest BCUT2D eigenvalue weighted by Crippen LogP contribution is 2.16. The summed E-state index contributed by atoms with van der Waals surface area (Å²) in [6.45, 7) is 5.81. The third-order valence-electron chi connectivity index (χ3n) is 1.67. The zero-order valence-corrected chi connectivity index (χ0v) is 9.83. The topological polar surface area (TPSA) is 38.3 Å². The summed E-state index contributed by atoms with van der Waals surface area (Å²) in [4.78, 5) is 11.0. The van der Waals surface area contributed by atoms with Crippen molar-refractivity contribution in [3.63, 3.8) is 0 Å². The highest BCUT2D eigenvalue weighted by atomic mass is 16.5. The lowest BCUT2D eigenvalue weighted by atomic mass is 10.3. The Bertz CT molecular complexity index is 297. The normalized spacial score (nSPS) is 8.53. The first-order valence-corrected chi connectivity index (χ1v) is 5.20. The van der Waals surface area contributed by atoms with E-state index >= 15 is 0 Å². The molecule has 0 heterocycles. The van der Waals surface area contributed by atoms with Gasteiger partial charge in [0, 0.05) is 18.2 Å². The predicted molar refractivity (Wildman–Crippen MR) is 63.3 cm³/mol. The van der Waals surface area contributed by atoms with Crippen LogP contribution in [0, 0.1) is 0 Å². The van der Waals surface area contributed by atoms with E-state index in [1.165, 1.54) is 0 Å². The minimum absolute atomic E-state index is 0.00764. The second-order valence-electron chi connectivity index (χ2n) is 2.63. The van der Waals surface area contributed by atoms with Gasteiger partial charge in [-0.15, -0.1) is 0 Å². The van der Waals surface area contributed by atoms with Gasteiger partial charge in [-0.05, 0) is 12.1 Å². The second kappa shape index (κ2) is 7.85. The summed E-state index contributed by atoms with van der Waals surface area (Å²) in [6, 6.07) is 7.29. The third-order valence-corrected chi connectivity index (χ3v) is 1.67. The predicted octanol–water partition coefficient (Wildman–Crippen LogP) is 3.07. The molecule has 0 spiro atoms. The van der Waals surface area contributed by atoms with Gasteiger partial charge in [0.25, 0.3) is 0 Å². The van der Waals surface area contributed by atoms with Gasteiger partial charge in [-0.25, -0.2) is 0 Å². The molecule has 1 amide bonds. The van der Waals surface area contributed by atoms with Crippen LogP contribution in [0.25, 0.3) is 0 Å². The van der Waals surface area contributed by atoms with E-state index in [1.807, 2.05) is 39.0 Å². The molecule has 0 atom stereocenters. The largest absolute Gasteiger partial charge is 0.497 e. The Hall–Kier alpha value is -1.51. The maximum atomic E-state index is 11.0. The van der Waals surface area contributed by atoms with Crippen molar-refractivity contribution in [3.8, 4) is 5.75 Å². The molecule has 0 unspecified atom stereocenters. The molecule has 0 bridgehead atoms. The maximum absolute atomic E-state index is 11.0. The molecule has 1 N–H and O–H groups in total. The molecule has 84 valence electrons. The summed E-state index contributed by atoms with van der Waals surface area (Å²) >= 11 is 0. The summed E-state index contributed by atoms with van der Waals surface area (Å²) in [5.74, 6) is 0.752. The number of ether oxygens (including phenoxy) is 1. The molecule has 0 saturated heterocycles. The van der Waals surface area contributed by atoms with E-state index < -0.39 is 0 Å². The number of hydrogen-bond acceptors (Lipinski definition) is 2. The van der Waals surface area contributed by atoms with Gasteiger partial charge >= 0.3 is 0 Å². The van der Waals surface area contributed by atoms with Gasteiger partial charge in [0.15, 0.2) is 0 Å². The Balaban J connectivity index is 0.000000921. The molecule has 1 rings (SSSR count). The van der Waals surface area contributed by atoms with Gasteiger partial charge in [0.1, 0.15) is 5.75 Å². The number of carbonyl (C=O) groups is 1. The van der Waals surface area contributed by atoms with E-state index in [0.717, 1.165) is 11.4 Å². The average Bonchev–Trinajstić information content (AvgIpc) is 2.31. The standard InChI is InChI=1S/C10H13NO2.C2H6/c1-3-10(12)11-8-5-4-6-9(7-8)13-2;1-2/h4-7H,3H2,1-2H3,(H,11,12);1-2H3. The first kappa shape index (κ1) is 13.5. The van der Waals surface area contributed by atoms with Gasteiger partial charge in [-0.1, -0.05) is 26.8 Å². The van der Waals surface area contributed by atoms with Crippen LogP contribution in [0.15, 0.2) is 24.3 Å². The van der Waals surface area contributed by atoms with Crippen molar-refractivity contribution >= 4 is 11.6 Å². The lowest BCUT2D eigenvalue weighted by Crippen LogP contribution is -2.09. The Morgan fingerprint density at radius 2 is 2.07 bits per heavy atom. The van der Waals surface area contributed by atoms with E-state index in [2.05, 4.69) is 5.32 Å². The van der Waals surface area contributed by atoms with E-state index in [1.54, 1.807) is 13.2 Å². The number of nitrogens with one attached hydrogen (secondary N) is 1. The maximum Gasteiger partial charge on any atom is 0.224 e. The van der Waals surface area contributed by atoms with Gasteiger partial charge < -0.3 is 10.1 Å². The number of amides is 1. The quantitative estimate of drug-likeness (QED) is 0.830. The SMILES string of the molecule is CC.CCC(=O)Nc1cccc(OC)c1. The van der Waals surface area contributed by atoms with Crippen molar-refractivity contribution in [2.75, 3.05) is 12.4 Å². The van der Waals surface area contributed by atoms with Crippen molar-refractivity contribution in [2.45, 2.75) is 27.2 Å². The van der Waals surface area contributed by atoms with Gasteiger partial charge in [-0.2, -0.15) is 0 Å². The van der Waals surface area contributed by atoms with Crippen LogP contribution in [0.4, 0.5) is 5.69 Å². The number of hydrogen-bond donors (Lipinski definition) is 1. The molecule has 0 aliphatic rings. The highest BCUT2D eigenvalue weighted by Gasteiger charge is 1.99. The van der Waals surface area contributed by atoms with E-state index in [9.17, 15) is 4.79 Å². The summed E-state index contributed by atoms with van der Waals surface area (Å²) in [5.41, 5.74) is 0.770. The van der Waals surface area contributed by atoms with Crippen molar-refractivity contribution < 1.29 is 9.53 Å². The molecule has 3 heteroatoms. The van der Waals surface area contributed by atoms with E-state index in [-0.39, 0.29) is 5.91 Å². The van der Waals surface area contributed by atoms with Crippen LogP contribution in [0.3, 0.4) is 0 Å². The number of carbonyl (C=O) groups excluding carboxylic acids is 1. The minimum atomic E-state index is 0.00764. The lowest BCUT2D eigenvalue weighted by Gasteiger charge is -2.04. The van der Waals surface area contributed by atoms with Gasteiger partial charge in [0.05, 0.1) is 7.11 Å². The zero-order valence-electron chi connectivity index (χ0n) is 9.83. The minimum Gasteiger partial charge on any atom is -0.497 e. The molecule has 0 aromatic heterocycles. The molecule has 0 radical (unpaired) electrons. The average molecular weight is 209 g/mol. The molecule has 0 aliphatic heterocycles. The Morgan fingerprint density at radius 1 is 1.40 bits per heavy atom. The molecule has 0 aliphatic carbocycles. The summed E-state index contributed by atoms with van der Waals surface area (Å²) in [5, 5.41) is 2.75. The molecule has 0 saturated carbocycles. The Labute approximate surface area is 91.5 Å². The van der Waals surface area contributed by atoms with E-state index in [0.29, 0.717) is 6.42 Å². The molecule has 3 nitrogen and oxygen atoms in total. The fraction of sp³-hybridized carbons (Fsp3) is 0.417. The fourth-order valence-corrected chi connectivity index (χ4v) is 0.950. The summed E-state index contributed by atoms with van der Waals surface area (Å²) in [7, 11) is 1.60. The van der Waals surface area contributed by atoms with Crippen LogP contribution in [-0.4, -0.2) is 13.0 Å². The first-order chi connectivity index (χ1) is 7.26. The lowest BCUT2D eigenvalue weighted by molar-refractivity contribution is -0.115. The molecule has 1 aromatic carbocycles. The third kappa shape index (κ3) is 5.05. The van der Waals surface area contributed by atoms with Crippen LogP contribution in [0.5, 0.6) is 5.75 Å². The zero-order chi connectivity index (χ0) is 11.7. The fourth-order valence-electron chi connectivity index (χ4n) is 0.950. The van der Waals surface area contributed by atoms with Crippen LogP contribution in [-0.2, 0) is 4.79 Å². The number of methoxy groups -OCH3 is 1. The molecule has 15 heavy (non-hydrogen) atoms. The number of benzene rings is 1. The van der Waals surface area contributed by atoms with E-state index in [4.69, 9.17) is 4.74 Å². The highest BCUT2D eigenvalue weighted by molar-refractivity contribution is 5.90. The van der Waals surface area contributed by atoms with Crippen LogP contribution in [0.1, 0.15) is 27.2 Å². The summed E-state index contributed by atoms with van der Waals surface area (Å²) in [6.07, 6.45) is 0.483. The first-order valence-electron chi connectivity index (χ1n) is 5.20. The Kier molecular flexibility index (Phi) is 7.06. The van der Waals surface area contributed by atoms with Crippen LogP contribution in [0.2, 0.25) is 0 Å². The van der Waals surface area contributed by atoms with Gasteiger partial charge in [0.2, 0.25) is 5.91 Å². The molecular formula is C12H19NO2. The van der Waals surface area contributed by atoms with Crippen molar-refractivity contribution in [2.24, 2.45) is 0 Å². The van der Waals surface area contributed by atoms with Crippen molar-refractivity contribution in [1.29, 1.82) is 0 Å². The summed E-state index contributed by atoms with van der Waals surface area (Å²) < 4.78 is 5.02. The van der Waals surface area contributed by atoms with Gasteiger partial charge in [-0.3, -0.25) is 4.79 Å². The number of rotatable bonds is 3. The molecule has 1 aromatic rings. The monoisotopic (exact) mass is 209 g/mol. The second-order valence-corrected chi connectivity index (χ2v) is 2.63. The Morgan fingerprint density at radius 3 is 2.60 bits per heavy atom. The van der Waals surface area contributed by atoms with Crippen LogP contribution >= 0.6 is 0 Å².